The third-order valence-corrected chi connectivity index (χ3v) is 2.43. The number of nitriles is 1. The Morgan fingerprint density at radius 2 is 1.78 bits per heavy atom. The molecule has 1 N–H and O–H groups in total. The quantitative estimate of drug-likeness (QED) is 0.715. The lowest BCUT2D eigenvalue weighted by Gasteiger charge is -2.17. The molecule has 0 heterocycles. The van der Waals surface area contributed by atoms with Gasteiger partial charge in [0.15, 0.2) is 6.29 Å². The molecule has 4 nitrogen and oxygen atoms in total. The second kappa shape index (κ2) is 8.65. The van der Waals surface area contributed by atoms with E-state index in [1.807, 2.05) is 38.1 Å². The summed E-state index contributed by atoms with van der Waals surface area (Å²) in [6.07, 6.45) is -0.196. The van der Waals surface area contributed by atoms with E-state index in [0.717, 1.165) is 12.1 Å². The van der Waals surface area contributed by atoms with E-state index in [0.29, 0.717) is 25.3 Å². The van der Waals surface area contributed by atoms with Gasteiger partial charge in [-0.1, -0.05) is 12.1 Å². The first kappa shape index (κ1) is 14.7. The first-order valence-electron chi connectivity index (χ1n) is 6.23. The van der Waals surface area contributed by atoms with Crippen LogP contribution in [-0.2, 0) is 16.0 Å². The largest absolute Gasteiger partial charge is 0.352 e. The molecule has 0 aliphatic carbocycles. The summed E-state index contributed by atoms with van der Waals surface area (Å²) in [4.78, 5) is 0. The molecule has 4 heteroatoms. The van der Waals surface area contributed by atoms with Crippen molar-refractivity contribution in [1.29, 1.82) is 5.26 Å². The van der Waals surface area contributed by atoms with Gasteiger partial charge >= 0.3 is 0 Å². The van der Waals surface area contributed by atoms with Crippen LogP contribution in [0.15, 0.2) is 24.3 Å². The summed E-state index contributed by atoms with van der Waals surface area (Å²) in [6, 6.07) is 9.63. The van der Waals surface area contributed by atoms with E-state index in [1.54, 1.807) is 0 Å². The summed E-state index contributed by atoms with van der Waals surface area (Å²) in [5.74, 6) is 0. The second-order valence-corrected chi connectivity index (χ2v) is 3.78. The Kier molecular flexibility index (Phi) is 7.04. The summed E-state index contributed by atoms with van der Waals surface area (Å²) < 4.78 is 10.9. The molecule has 18 heavy (non-hydrogen) atoms. The maximum atomic E-state index is 8.70. The molecule has 1 rings (SSSR count). The number of benzene rings is 1. The molecule has 1 aromatic carbocycles. The van der Waals surface area contributed by atoms with Crippen LogP contribution in [0.2, 0.25) is 0 Å². The van der Waals surface area contributed by atoms with Gasteiger partial charge in [0.05, 0.1) is 11.6 Å². The minimum atomic E-state index is -0.196. The molecule has 0 saturated heterocycles. The van der Waals surface area contributed by atoms with Crippen molar-refractivity contribution < 1.29 is 9.47 Å². The van der Waals surface area contributed by atoms with Crippen LogP contribution in [0.25, 0.3) is 0 Å². The van der Waals surface area contributed by atoms with Crippen LogP contribution in [0.4, 0.5) is 0 Å². The van der Waals surface area contributed by atoms with E-state index in [2.05, 4.69) is 11.4 Å². The van der Waals surface area contributed by atoms with Crippen LogP contribution in [0.5, 0.6) is 0 Å². The van der Waals surface area contributed by atoms with E-state index in [4.69, 9.17) is 14.7 Å². The molecule has 0 aliphatic heterocycles. The Bertz CT molecular complexity index is 364. The van der Waals surface area contributed by atoms with Crippen LogP contribution < -0.4 is 5.32 Å². The van der Waals surface area contributed by atoms with E-state index in [-0.39, 0.29) is 6.29 Å². The van der Waals surface area contributed by atoms with Crippen LogP contribution in [0.1, 0.15) is 25.0 Å². The zero-order chi connectivity index (χ0) is 13.2. The summed E-state index contributed by atoms with van der Waals surface area (Å²) in [5.41, 5.74) is 1.82. The van der Waals surface area contributed by atoms with Gasteiger partial charge in [-0.15, -0.1) is 0 Å². The van der Waals surface area contributed by atoms with Crippen LogP contribution in [0.3, 0.4) is 0 Å². The molecule has 0 amide bonds. The number of rotatable bonds is 8. The molecule has 0 unspecified atom stereocenters. The zero-order valence-electron chi connectivity index (χ0n) is 11.0. The van der Waals surface area contributed by atoms with Crippen LogP contribution >= 0.6 is 0 Å². The number of hydrogen-bond donors (Lipinski definition) is 1. The molecule has 0 aliphatic rings. The minimum absolute atomic E-state index is 0.196. The van der Waals surface area contributed by atoms with Crippen molar-refractivity contribution in [2.75, 3.05) is 19.8 Å². The van der Waals surface area contributed by atoms with Crippen molar-refractivity contribution in [2.45, 2.75) is 26.7 Å². The molecule has 0 bridgehead atoms. The Labute approximate surface area is 109 Å². The molecular weight excluding hydrogens is 228 g/mol. The van der Waals surface area contributed by atoms with E-state index in [1.165, 1.54) is 0 Å². The SMILES string of the molecule is CCOC(CNCc1ccc(C#N)cc1)OCC. The highest BCUT2D eigenvalue weighted by Crippen LogP contribution is 2.03. The van der Waals surface area contributed by atoms with Crippen molar-refractivity contribution in [3.05, 3.63) is 35.4 Å². The van der Waals surface area contributed by atoms with Gasteiger partial charge in [0, 0.05) is 26.3 Å². The summed E-state index contributed by atoms with van der Waals surface area (Å²) in [5, 5.41) is 12.0. The van der Waals surface area contributed by atoms with Crippen molar-refractivity contribution in [3.8, 4) is 6.07 Å². The molecule has 0 saturated carbocycles. The molecule has 0 radical (unpaired) electrons. The third-order valence-electron chi connectivity index (χ3n) is 2.43. The third kappa shape index (κ3) is 5.28. The first-order chi connectivity index (χ1) is 8.80. The number of nitrogens with zero attached hydrogens (tertiary/aromatic N) is 1. The average Bonchev–Trinajstić information content (AvgIpc) is 2.40. The second-order valence-electron chi connectivity index (χ2n) is 3.78. The van der Waals surface area contributed by atoms with Crippen molar-refractivity contribution in [1.82, 2.24) is 5.32 Å². The van der Waals surface area contributed by atoms with Gasteiger partial charge in [-0.2, -0.15) is 5.26 Å². The van der Waals surface area contributed by atoms with Crippen LogP contribution in [-0.4, -0.2) is 26.0 Å². The summed E-state index contributed by atoms with van der Waals surface area (Å²) >= 11 is 0. The standard InChI is InChI=1S/C14H20N2O2/c1-3-17-14(18-4-2)11-16-10-13-7-5-12(9-15)6-8-13/h5-8,14,16H,3-4,10-11H2,1-2H3. The van der Waals surface area contributed by atoms with Gasteiger partial charge in [-0.3, -0.25) is 0 Å². The maximum absolute atomic E-state index is 8.70. The molecule has 1 aromatic rings. The van der Waals surface area contributed by atoms with Crippen molar-refractivity contribution >= 4 is 0 Å². The van der Waals surface area contributed by atoms with E-state index in [9.17, 15) is 0 Å². The van der Waals surface area contributed by atoms with Gasteiger partial charge < -0.3 is 14.8 Å². The van der Waals surface area contributed by atoms with Crippen molar-refractivity contribution in [2.24, 2.45) is 0 Å². The average molecular weight is 248 g/mol. The Balaban J connectivity index is 2.33. The highest BCUT2D eigenvalue weighted by molar-refractivity contribution is 5.31. The fraction of sp³-hybridized carbons (Fsp3) is 0.500. The lowest BCUT2D eigenvalue weighted by atomic mass is 10.1. The fourth-order valence-corrected chi connectivity index (χ4v) is 1.57. The smallest absolute Gasteiger partial charge is 0.169 e. The number of hydrogen-bond acceptors (Lipinski definition) is 4. The lowest BCUT2D eigenvalue weighted by molar-refractivity contribution is -0.133. The maximum Gasteiger partial charge on any atom is 0.169 e. The topological polar surface area (TPSA) is 54.3 Å². The van der Waals surface area contributed by atoms with Crippen molar-refractivity contribution in [3.63, 3.8) is 0 Å². The molecular formula is C14H20N2O2. The molecule has 98 valence electrons. The highest BCUT2D eigenvalue weighted by atomic mass is 16.7. The summed E-state index contributed by atoms with van der Waals surface area (Å²) in [7, 11) is 0. The van der Waals surface area contributed by atoms with Gasteiger partial charge in [0.1, 0.15) is 0 Å². The predicted octanol–water partition coefficient (Wildman–Crippen LogP) is 2.05. The fourth-order valence-electron chi connectivity index (χ4n) is 1.57. The van der Waals surface area contributed by atoms with Crippen LogP contribution in [0, 0.1) is 11.3 Å². The van der Waals surface area contributed by atoms with Gasteiger partial charge in [-0.05, 0) is 31.5 Å². The molecule has 0 spiro atoms. The molecule has 0 aromatic heterocycles. The first-order valence-corrected chi connectivity index (χ1v) is 6.23. The molecule has 0 fully saturated rings. The predicted molar refractivity (Wildman–Crippen MR) is 69.9 cm³/mol. The number of ether oxygens (including phenoxy) is 2. The van der Waals surface area contributed by atoms with Gasteiger partial charge in [0.25, 0.3) is 0 Å². The van der Waals surface area contributed by atoms with Gasteiger partial charge in [-0.25, -0.2) is 0 Å². The van der Waals surface area contributed by atoms with Gasteiger partial charge in [0.2, 0.25) is 0 Å². The zero-order valence-corrected chi connectivity index (χ0v) is 11.0. The minimum Gasteiger partial charge on any atom is -0.352 e. The Morgan fingerprint density at radius 3 is 2.28 bits per heavy atom. The lowest BCUT2D eigenvalue weighted by Crippen LogP contribution is -2.31. The normalized spacial score (nSPS) is 10.6. The Morgan fingerprint density at radius 1 is 1.17 bits per heavy atom. The molecule has 0 atom stereocenters. The van der Waals surface area contributed by atoms with E-state index < -0.39 is 0 Å². The number of nitrogens with one attached hydrogen (secondary N) is 1. The monoisotopic (exact) mass is 248 g/mol. The summed E-state index contributed by atoms with van der Waals surface area (Å²) in [6.45, 7) is 6.58. The Hall–Kier alpha value is -1.41. The van der Waals surface area contributed by atoms with E-state index >= 15 is 0 Å². The highest BCUT2D eigenvalue weighted by Gasteiger charge is 2.06.